The standard InChI is InChI=1S/C23H44N2O6S.HI/c1-21(2,3)29-18(26)16-25(10,11)13-15-32-14-12-17(19(27)30-22(4,5)6)24-20(28)31-23(7,8)9;/h17H,12-16H2,1-11H3;1H. The van der Waals surface area contributed by atoms with Crippen molar-refractivity contribution in [3.63, 3.8) is 0 Å². The van der Waals surface area contributed by atoms with Gasteiger partial charge in [-0.15, -0.1) is 0 Å². The highest BCUT2D eigenvalue weighted by Gasteiger charge is 2.29. The molecule has 8 nitrogen and oxygen atoms in total. The molecular weight excluding hydrogens is 559 g/mol. The first-order chi connectivity index (χ1) is 14.2. The maximum absolute atomic E-state index is 12.6. The third-order valence-corrected chi connectivity index (χ3v) is 4.75. The van der Waals surface area contributed by atoms with E-state index in [9.17, 15) is 14.4 Å². The number of rotatable bonds is 10. The molecule has 0 spiro atoms. The van der Waals surface area contributed by atoms with Crippen LogP contribution in [0.3, 0.4) is 0 Å². The van der Waals surface area contributed by atoms with Crippen LogP contribution >= 0.6 is 11.8 Å². The number of amides is 1. The number of quaternary nitrogens is 1. The number of carbonyl (C=O) groups excluding carboxylic acids is 3. The topological polar surface area (TPSA) is 90.9 Å². The van der Waals surface area contributed by atoms with Gasteiger partial charge in [0.05, 0.1) is 20.6 Å². The van der Waals surface area contributed by atoms with Crippen molar-refractivity contribution in [2.75, 3.05) is 38.7 Å². The first-order valence-electron chi connectivity index (χ1n) is 11.0. The van der Waals surface area contributed by atoms with Gasteiger partial charge in [-0.1, -0.05) is 0 Å². The number of alkyl carbamates (subject to hydrolysis) is 1. The van der Waals surface area contributed by atoms with Gasteiger partial charge in [-0.05, 0) is 74.5 Å². The summed E-state index contributed by atoms with van der Waals surface area (Å²) in [6.45, 7) is 17.3. The van der Waals surface area contributed by atoms with Crippen LogP contribution in [0.1, 0.15) is 68.7 Å². The molecule has 0 aliphatic rings. The summed E-state index contributed by atoms with van der Waals surface area (Å²) in [4.78, 5) is 36.8. The molecule has 0 saturated heterocycles. The Morgan fingerprint density at radius 1 is 0.818 bits per heavy atom. The van der Waals surface area contributed by atoms with Crippen molar-refractivity contribution in [1.29, 1.82) is 0 Å². The number of hydrogen-bond donors (Lipinski definition) is 1. The number of carbonyl (C=O) groups is 3. The fourth-order valence-electron chi connectivity index (χ4n) is 2.49. The Bertz CT molecular complexity index is 636. The number of ether oxygens (including phenoxy) is 3. The van der Waals surface area contributed by atoms with Crippen LogP contribution < -0.4 is 29.3 Å². The fourth-order valence-corrected chi connectivity index (χ4v) is 3.72. The van der Waals surface area contributed by atoms with Crippen molar-refractivity contribution in [1.82, 2.24) is 5.32 Å². The number of halogens is 1. The van der Waals surface area contributed by atoms with E-state index in [-0.39, 0.29) is 29.9 Å². The number of nitrogens with zero attached hydrogens (tertiary/aromatic N) is 1. The number of likely N-dealkylation sites (N-methyl/N-ethyl adjacent to an activating group) is 1. The first kappa shape index (κ1) is 34.4. The van der Waals surface area contributed by atoms with Gasteiger partial charge < -0.3 is 48.0 Å². The molecule has 1 amide bonds. The molecule has 0 aromatic rings. The molecule has 1 atom stereocenters. The van der Waals surface area contributed by atoms with Gasteiger partial charge in [0.15, 0.2) is 6.54 Å². The van der Waals surface area contributed by atoms with E-state index in [0.29, 0.717) is 23.2 Å². The molecule has 0 bridgehead atoms. The van der Waals surface area contributed by atoms with Crippen molar-refractivity contribution in [3.8, 4) is 0 Å². The Hall–Kier alpha value is -0.750. The van der Waals surface area contributed by atoms with E-state index < -0.39 is 34.9 Å². The van der Waals surface area contributed by atoms with Gasteiger partial charge >= 0.3 is 18.0 Å². The molecular formula is C23H45IN2O6S. The summed E-state index contributed by atoms with van der Waals surface area (Å²) in [5.41, 5.74) is -1.81. The second kappa shape index (κ2) is 14.0. The van der Waals surface area contributed by atoms with Gasteiger partial charge in [0.2, 0.25) is 0 Å². The summed E-state index contributed by atoms with van der Waals surface area (Å²) in [5, 5.41) is 2.64. The third-order valence-electron chi connectivity index (χ3n) is 3.75. The summed E-state index contributed by atoms with van der Waals surface area (Å²) in [6.07, 6.45) is -0.230. The monoisotopic (exact) mass is 604 g/mol. The highest BCUT2D eigenvalue weighted by atomic mass is 127. The molecule has 196 valence electrons. The minimum Gasteiger partial charge on any atom is -1.00 e. The molecule has 0 saturated carbocycles. The van der Waals surface area contributed by atoms with E-state index in [1.54, 1.807) is 53.3 Å². The number of thioether (sulfide) groups is 1. The minimum atomic E-state index is -0.791. The van der Waals surface area contributed by atoms with Crippen LogP contribution in [0.15, 0.2) is 0 Å². The van der Waals surface area contributed by atoms with Gasteiger partial charge in [-0.2, -0.15) is 11.8 Å². The smallest absolute Gasteiger partial charge is 0.408 e. The second-order valence-corrected chi connectivity index (χ2v) is 12.8. The Morgan fingerprint density at radius 2 is 1.30 bits per heavy atom. The molecule has 0 aliphatic carbocycles. The molecule has 0 fully saturated rings. The van der Waals surface area contributed by atoms with Crippen molar-refractivity contribution in [2.24, 2.45) is 0 Å². The van der Waals surface area contributed by atoms with Crippen molar-refractivity contribution in [3.05, 3.63) is 0 Å². The number of nitrogens with one attached hydrogen (secondary N) is 1. The molecule has 10 heteroatoms. The summed E-state index contributed by atoms with van der Waals surface area (Å²) in [7, 11) is 3.97. The zero-order valence-electron chi connectivity index (χ0n) is 22.3. The molecule has 33 heavy (non-hydrogen) atoms. The van der Waals surface area contributed by atoms with E-state index in [4.69, 9.17) is 14.2 Å². The minimum absolute atomic E-state index is 0. The largest absolute Gasteiger partial charge is 1.00 e. The van der Waals surface area contributed by atoms with Crippen LogP contribution in [-0.4, -0.2) is 84.1 Å². The van der Waals surface area contributed by atoms with Gasteiger partial charge in [0.1, 0.15) is 22.8 Å². The number of esters is 2. The SMILES string of the molecule is CC(C)(C)OC(=O)C[N+](C)(C)CCSCCC(NC(=O)OC(C)(C)C)C(=O)OC(C)(C)C.[I-]. The summed E-state index contributed by atoms with van der Waals surface area (Å²) >= 11 is 1.66. The summed E-state index contributed by atoms with van der Waals surface area (Å²) < 4.78 is 16.6. The lowest BCUT2D eigenvalue weighted by Gasteiger charge is -2.30. The van der Waals surface area contributed by atoms with Crippen molar-refractivity contribution >= 4 is 29.8 Å². The van der Waals surface area contributed by atoms with E-state index in [1.165, 1.54) is 0 Å². The second-order valence-electron chi connectivity index (χ2n) is 11.5. The lowest BCUT2D eigenvalue weighted by molar-refractivity contribution is -0.880. The molecule has 0 rings (SSSR count). The van der Waals surface area contributed by atoms with Crippen LogP contribution in [0.5, 0.6) is 0 Å². The van der Waals surface area contributed by atoms with Gasteiger partial charge in [-0.3, -0.25) is 0 Å². The van der Waals surface area contributed by atoms with Gasteiger partial charge in [0.25, 0.3) is 0 Å². The van der Waals surface area contributed by atoms with Crippen molar-refractivity contribution in [2.45, 2.75) is 91.6 Å². The van der Waals surface area contributed by atoms with Gasteiger partial charge in [0, 0.05) is 5.75 Å². The van der Waals surface area contributed by atoms with Gasteiger partial charge in [-0.25, -0.2) is 14.4 Å². The Balaban J connectivity index is 0. The number of hydrogen-bond acceptors (Lipinski definition) is 7. The van der Waals surface area contributed by atoms with Crippen molar-refractivity contribution < 1.29 is 57.1 Å². The highest BCUT2D eigenvalue weighted by Crippen LogP contribution is 2.15. The molecule has 0 radical (unpaired) electrons. The lowest BCUT2D eigenvalue weighted by atomic mass is 10.1. The summed E-state index contributed by atoms with van der Waals surface area (Å²) in [6, 6.07) is -0.791. The first-order valence-corrected chi connectivity index (χ1v) is 12.2. The molecule has 0 aromatic heterocycles. The van der Waals surface area contributed by atoms with Crippen LogP contribution in [0, 0.1) is 0 Å². The normalized spacial score (nSPS) is 13.4. The maximum atomic E-state index is 12.6. The Labute approximate surface area is 221 Å². The van der Waals surface area contributed by atoms with Crippen LogP contribution in [-0.2, 0) is 23.8 Å². The zero-order chi connectivity index (χ0) is 25.4. The molecule has 0 aliphatic heterocycles. The molecule has 1 N–H and O–H groups in total. The maximum Gasteiger partial charge on any atom is 0.408 e. The van der Waals surface area contributed by atoms with Crippen LogP contribution in [0.4, 0.5) is 4.79 Å². The predicted octanol–water partition coefficient (Wildman–Crippen LogP) is 0.767. The average molecular weight is 605 g/mol. The van der Waals surface area contributed by atoms with E-state index >= 15 is 0 Å². The van der Waals surface area contributed by atoms with E-state index in [1.807, 2.05) is 34.9 Å². The van der Waals surface area contributed by atoms with Crippen LogP contribution in [0.25, 0.3) is 0 Å². The fraction of sp³-hybridized carbons (Fsp3) is 0.870. The average Bonchev–Trinajstić information content (AvgIpc) is 2.46. The van der Waals surface area contributed by atoms with E-state index in [0.717, 1.165) is 12.3 Å². The summed E-state index contributed by atoms with van der Waals surface area (Å²) in [5.74, 6) is 0.735. The quantitative estimate of drug-likeness (QED) is 0.130. The van der Waals surface area contributed by atoms with E-state index in [2.05, 4.69) is 5.32 Å². The Kier molecular flexibility index (Phi) is 14.6. The third kappa shape index (κ3) is 20.3. The predicted molar refractivity (Wildman–Crippen MR) is 129 cm³/mol. The molecule has 0 aromatic carbocycles. The lowest BCUT2D eigenvalue weighted by Crippen LogP contribution is -3.00. The molecule has 1 unspecified atom stereocenters. The zero-order valence-corrected chi connectivity index (χ0v) is 25.3. The van der Waals surface area contributed by atoms with Crippen LogP contribution in [0.2, 0.25) is 0 Å². The molecule has 0 heterocycles. The highest BCUT2D eigenvalue weighted by molar-refractivity contribution is 7.99. The Morgan fingerprint density at radius 3 is 1.76 bits per heavy atom.